The summed E-state index contributed by atoms with van der Waals surface area (Å²) in [6.45, 7) is 2.84. The van der Waals surface area contributed by atoms with E-state index in [1.165, 1.54) is 0 Å². The number of hydrogen-bond donors (Lipinski definition) is 1. The third kappa shape index (κ3) is 2.05. The molecule has 2 aromatic rings. The van der Waals surface area contributed by atoms with Crippen LogP contribution in [0.1, 0.15) is 28.1 Å². The molecule has 1 aliphatic rings. The molecule has 3 rings (SSSR count). The molecule has 1 N–H and O–H groups in total. The molecule has 1 aromatic heterocycles. The lowest BCUT2D eigenvalue weighted by Crippen LogP contribution is -2.37. The van der Waals surface area contributed by atoms with Crippen molar-refractivity contribution >= 4 is 27.3 Å². The number of thiophene rings is 1. The van der Waals surface area contributed by atoms with E-state index in [9.17, 15) is 9.90 Å². The van der Waals surface area contributed by atoms with Gasteiger partial charge in [-0.25, -0.2) is 0 Å². The van der Waals surface area contributed by atoms with E-state index in [4.69, 9.17) is 0 Å². The van der Waals surface area contributed by atoms with Crippen LogP contribution < -0.4 is 0 Å². The van der Waals surface area contributed by atoms with Crippen molar-refractivity contribution in [2.75, 3.05) is 13.2 Å². The summed E-state index contributed by atoms with van der Waals surface area (Å²) >= 11 is 1.56. The number of aliphatic hydroxyl groups excluding tert-OH is 1. The highest BCUT2D eigenvalue weighted by molar-refractivity contribution is 7.21. The molecule has 1 aliphatic heterocycles. The van der Waals surface area contributed by atoms with Gasteiger partial charge in [-0.2, -0.15) is 0 Å². The van der Waals surface area contributed by atoms with Crippen LogP contribution in [0.5, 0.6) is 0 Å². The number of fused-ring (bicyclic) bond motifs is 1. The number of nitrogens with zero attached hydrogens (tertiary/aromatic N) is 1. The summed E-state index contributed by atoms with van der Waals surface area (Å²) in [7, 11) is 0. The predicted molar refractivity (Wildman–Crippen MR) is 77.7 cm³/mol. The largest absolute Gasteiger partial charge is 0.394 e. The van der Waals surface area contributed by atoms with Gasteiger partial charge >= 0.3 is 0 Å². The molecule has 0 unspecified atom stereocenters. The van der Waals surface area contributed by atoms with Crippen LogP contribution in [-0.2, 0) is 0 Å². The SMILES string of the molecule is Cc1c(C(=O)N2CCC[C@H]2CO)sc2ccccc12. The summed E-state index contributed by atoms with van der Waals surface area (Å²) in [6, 6.07) is 8.11. The molecule has 1 amide bonds. The number of hydrogen-bond acceptors (Lipinski definition) is 3. The van der Waals surface area contributed by atoms with Crippen LogP contribution in [0.4, 0.5) is 0 Å². The number of aryl methyl sites for hydroxylation is 1. The van der Waals surface area contributed by atoms with Gasteiger partial charge in [0.15, 0.2) is 0 Å². The van der Waals surface area contributed by atoms with Crippen molar-refractivity contribution in [3.63, 3.8) is 0 Å². The fraction of sp³-hybridized carbons (Fsp3) is 0.400. The van der Waals surface area contributed by atoms with E-state index in [1.807, 2.05) is 24.0 Å². The van der Waals surface area contributed by atoms with Crippen molar-refractivity contribution in [1.82, 2.24) is 4.90 Å². The third-order valence-electron chi connectivity index (χ3n) is 3.89. The molecule has 1 saturated heterocycles. The first-order valence-electron chi connectivity index (χ1n) is 6.62. The maximum Gasteiger partial charge on any atom is 0.264 e. The molecule has 1 fully saturated rings. The lowest BCUT2D eigenvalue weighted by Gasteiger charge is -2.22. The van der Waals surface area contributed by atoms with E-state index in [1.54, 1.807) is 11.3 Å². The molecular formula is C15H17NO2S. The van der Waals surface area contributed by atoms with Gasteiger partial charge in [0.2, 0.25) is 0 Å². The summed E-state index contributed by atoms with van der Waals surface area (Å²) in [5, 5.41) is 10.5. The van der Waals surface area contributed by atoms with Gasteiger partial charge in [-0.05, 0) is 36.8 Å². The molecule has 0 aliphatic carbocycles. The molecule has 19 heavy (non-hydrogen) atoms. The Morgan fingerprint density at radius 3 is 3.00 bits per heavy atom. The lowest BCUT2D eigenvalue weighted by atomic mass is 10.1. The zero-order valence-electron chi connectivity index (χ0n) is 10.9. The van der Waals surface area contributed by atoms with Crippen LogP contribution in [0.2, 0.25) is 0 Å². The van der Waals surface area contributed by atoms with Gasteiger partial charge in [0.1, 0.15) is 0 Å². The molecule has 0 radical (unpaired) electrons. The lowest BCUT2D eigenvalue weighted by molar-refractivity contribution is 0.0682. The van der Waals surface area contributed by atoms with Crippen LogP contribution in [0, 0.1) is 6.92 Å². The topological polar surface area (TPSA) is 40.5 Å². The zero-order chi connectivity index (χ0) is 13.4. The van der Waals surface area contributed by atoms with Crippen LogP contribution >= 0.6 is 11.3 Å². The summed E-state index contributed by atoms with van der Waals surface area (Å²) in [5.41, 5.74) is 1.06. The Morgan fingerprint density at radius 2 is 2.26 bits per heavy atom. The van der Waals surface area contributed by atoms with Crippen LogP contribution in [0.3, 0.4) is 0 Å². The Labute approximate surface area is 116 Å². The molecule has 0 bridgehead atoms. The van der Waals surface area contributed by atoms with E-state index < -0.39 is 0 Å². The van der Waals surface area contributed by atoms with Gasteiger partial charge in [-0.1, -0.05) is 18.2 Å². The van der Waals surface area contributed by atoms with Crippen LogP contribution in [0.15, 0.2) is 24.3 Å². The summed E-state index contributed by atoms with van der Waals surface area (Å²) in [4.78, 5) is 15.3. The predicted octanol–water partition coefficient (Wildman–Crippen LogP) is 2.81. The van der Waals surface area contributed by atoms with Gasteiger partial charge < -0.3 is 10.0 Å². The highest BCUT2D eigenvalue weighted by Crippen LogP contribution is 2.32. The number of benzene rings is 1. The number of carbonyl (C=O) groups excluding carboxylic acids is 1. The number of amides is 1. The Hall–Kier alpha value is -1.39. The summed E-state index contributed by atoms with van der Waals surface area (Å²) < 4.78 is 1.16. The number of carbonyl (C=O) groups is 1. The fourth-order valence-electron chi connectivity index (χ4n) is 2.80. The quantitative estimate of drug-likeness (QED) is 0.915. The van der Waals surface area contributed by atoms with Crippen molar-refractivity contribution in [3.05, 3.63) is 34.7 Å². The van der Waals surface area contributed by atoms with Gasteiger partial charge in [-0.15, -0.1) is 11.3 Å². The van der Waals surface area contributed by atoms with Crippen molar-refractivity contribution in [2.24, 2.45) is 0 Å². The van der Waals surface area contributed by atoms with Gasteiger partial charge in [0.05, 0.1) is 17.5 Å². The number of rotatable bonds is 2. The van der Waals surface area contributed by atoms with Crippen LogP contribution in [0.25, 0.3) is 10.1 Å². The van der Waals surface area contributed by atoms with E-state index in [0.29, 0.717) is 0 Å². The molecule has 4 heteroatoms. The Bertz CT molecular complexity index is 620. The average Bonchev–Trinajstić information content (AvgIpc) is 3.03. The Balaban J connectivity index is 2.00. The second kappa shape index (κ2) is 4.94. The van der Waals surface area contributed by atoms with Crippen molar-refractivity contribution < 1.29 is 9.90 Å². The minimum absolute atomic E-state index is 0.00267. The number of aliphatic hydroxyl groups is 1. The smallest absolute Gasteiger partial charge is 0.264 e. The van der Waals surface area contributed by atoms with Gasteiger partial charge in [0, 0.05) is 11.2 Å². The highest BCUT2D eigenvalue weighted by Gasteiger charge is 2.30. The van der Waals surface area contributed by atoms with E-state index >= 15 is 0 Å². The molecule has 1 atom stereocenters. The van der Waals surface area contributed by atoms with Crippen molar-refractivity contribution in [1.29, 1.82) is 0 Å². The second-order valence-electron chi connectivity index (χ2n) is 5.03. The summed E-state index contributed by atoms with van der Waals surface area (Å²) in [6.07, 6.45) is 1.90. The molecule has 3 nitrogen and oxygen atoms in total. The Kier molecular flexibility index (Phi) is 3.29. The molecule has 0 spiro atoms. The monoisotopic (exact) mass is 275 g/mol. The first kappa shape index (κ1) is 12.6. The Morgan fingerprint density at radius 1 is 1.47 bits per heavy atom. The zero-order valence-corrected chi connectivity index (χ0v) is 11.7. The fourth-order valence-corrected chi connectivity index (χ4v) is 3.97. The normalized spacial score (nSPS) is 19.3. The van der Waals surface area contributed by atoms with Crippen molar-refractivity contribution in [3.8, 4) is 0 Å². The minimum atomic E-state index is -0.00267. The number of likely N-dealkylation sites (tertiary alicyclic amines) is 1. The molecule has 100 valence electrons. The maximum absolute atomic E-state index is 12.6. The first-order valence-corrected chi connectivity index (χ1v) is 7.44. The van der Waals surface area contributed by atoms with E-state index in [0.717, 1.165) is 39.9 Å². The molecular weight excluding hydrogens is 258 g/mol. The third-order valence-corrected chi connectivity index (χ3v) is 5.15. The van der Waals surface area contributed by atoms with E-state index in [-0.39, 0.29) is 18.6 Å². The highest BCUT2D eigenvalue weighted by atomic mass is 32.1. The molecule has 1 aromatic carbocycles. The first-order chi connectivity index (χ1) is 9.22. The van der Waals surface area contributed by atoms with Gasteiger partial charge in [-0.3, -0.25) is 4.79 Å². The standard InChI is InChI=1S/C15H17NO2S/c1-10-12-6-2-3-7-13(12)19-14(10)15(18)16-8-4-5-11(16)9-17/h2-3,6-7,11,17H,4-5,8-9H2,1H3/t11-/m0/s1. The summed E-state index contributed by atoms with van der Waals surface area (Å²) in [5.74, 6) is 0.0789. The second-order valence-corrected chi connectivity index (χ2v) is 6.08. The molecule has 0 saturated carbocycles. The van der Waals surface area contributed by atoms with Crippen LogP contribution in [-0.4, -0.2) is 35.1 Å². The average molecular weight is 275 g/mol. The van der Waals surface area contributed by atoms with Crippen molar-refractivity contribution in [2.45, 2.75) is 25.8 Å². The van der Waals surface area contributed by atoms with E-state index in [2.05, 4.69) is 12.1 Å². The maximum atomic E-state index is 12.6. The minimum Gasteiger partial charge on any atom is -0.394 e. The van der Waals surface area contributed by atoms with Gasteiger partial charge in [0.25, 0.3) is 5.91 Å². The molecule has 2 heterocycles.